The monoisotopic (exact) mass is 260 g/mol. The quantitative estimate of drug-likeness (QED) is 0.810. The van der Waals surface area contributed by atoms with Gasteiger partial charge in [0.05, 0.1) is 12.1 Å². The maximum absolute atomic E-state index is 12.0. The van der Waals surface area contributed by atoms with Crippen molar-refractivity contribution in [3.8, 4) is 0 Å². The normalized spacial score (nSPS) is 25.0. The summed E-state index contributed by atoms with van der Waals surface area (Å²) < 4.78 is 5.90. The van der Waals surface area contributed by atoms with Crippen LogP contribution in [0.5, 0.6) is 0 Å². The molecule has 1 aliphatic heterocycles. The molecule has 1 atom stereocenters. The Morgan fingerprint density at radius 2 is 2.26 bits per heavy atom. The van der Waals surface area contributed by atoms with Gasteiger partial charge < -0.3 is 15.4 Å². The third kappa shape index (κ3) is 2.67. The molecule has 1 amide bonds. The fraction of sp³-hybridized carbons (Fsp3) is 0.533. The van der Waals surface area contributed by atoms with Gasteiger partial charge in [0.25, 0.3) is 5.91 Å². The molecule has 1 saturated carbocycles. The SMILES string of the molecule is CC(C)NC(=O)C1=CC2=C(OC3CC3)C=CCC2N1. The minimum atomic E-state index is -0.0392. The number of nitrogens with one attached hydrogen (secondary N) is 2. The lowest BCUT2D eigenvalue weighted by atomic mass is 10.00. The van der Waals surface area contributed by atoms with Crippen molar-refractivity contribution in [1.29, 1.82) is 0 Å². The van der Waals surface area contributed by atoms with Crippen LogP contribution in [0.1, 0.15) is 33.1 Å². The molecule has 3 rings (SSSR count). The number of allylic oxidation sites excluding steroid dienone is 1. The average molecular weight is 260 g/mol. The van der Waals surface area contributed by atoms with Crippen molar-refractivity contribution in [2.75, 3.05) is 0 Å². The van der Waals surface area contributed by atoms with Crippen LogP contribution in [0.3, 0.4) is 0 Å². The van der Waals surface area contributed by atoms with Gasteiger partial charge in [-0.05, 0) is 45.3 Å². The molecule has 2 N–H and O–H groups in total. The van der Waals surface area contributed by atoms with Gasteiger partial charge in [0.1, 0.15) is 11.5 Å². The standard InChI is InChI=1S/C15H20N2O2/c1-9(2)16-15(18)13-8-11-12(17-13)4-3-5-14(11)19-10-6-7-10/h3,5,8-10,12,17H,4,6-7H2,1-2H3,(H,16,18). The third-order valence-electron chi connectivity index (χ3n) is 3.41. The molecule has 0 radical (unpaired) electrons. The zero-order valence-corrected chi connectivity index (χ0v) is 11.4. The number of carbonyl (C=O) groups excluding carboxylic acids is 1. The fourth-order valence-electron chi connectivity index (χ4n) is 2.34. The summed E-state index contributed by atoms with van der Waals surface area (Å²) in [5.41, 5.74) is 1.76. The van der Waals surface area contributed by atoms with Crippen LogP contribution < -0.4 is 10.6 Å². The maximum Gasteiger partial charge on any atom is 0.267 e. The first-order chi connectivity index (χ1) is 9.13. The summed E-state index contributed by atoms with van der Waals surface area (Å²) in [5.74, 6) is 0.890. The van der Waals surface area contributed by atoms with Crippen LogP contribution >= 0.6 is 0 Å². The Morgan fingerprint density at radius 3 is 2.95 bits per heavy atom. The summed E-state index contributed by atoms with van der Waals surface area (Å²) in [4.78, 5) is 12.0. The van der Waals surface area contributed by atoms with Gasteiger partial charge in [-0.2, -0.15) is 0 Å². The number of rotatable bonds is 4. The van der Waals surface area contributed by atoms with Crippen LogP contribution in [0.15, 0.2) is 35.3 Å². The lowest BCUT2D eigenvalue weighted by Crippen LogP contribution is -2.37. The summed E-state index contributed by atoms with van der Waals surface area (Å²) in [5, 5.41) is 6.19. The number of amides is 1. The highest BCUT2D eigenvalue weighted by Crippen LogP contribution is 2.33. The second kappa shape index (κ2) is 4.76. The topological polar surface area (TPSA) is 50.4 Å². The first-order valence-corrected chi connectivity index (χ1v) is 7.00. The van der Waals surface area contributed by atoms with Gasteiger partial charge in [0.15, 0.2) is 0 Å². The molecule has 0 bridgehead atoms. The Balaban J connectivity index is 1.79. The summed E-state index contributed by atoms with van der Waals surface area (Å²) in [6, 6.07) is 0.332. The summed E-state index contributed by atoms with van der Waals surface area (Å²) in [7, 11) is 0. The largest absolute Gasteiger partial charge is 0.490 e. The predicted molar refractivity (Wildman–Crippen MR) is 73.2 cm³/mol. The third-order valence-corrected chi connectivity index (χ3v) is 3.41. The highest BCUT2D eigenvalue weighted by atomic mass is 16.5. The van der Waals surface area contributed by atoms with Crippen LogP contribution in [0, 0.1) is 0 Å². The molecule has 0 aromatic heterocycles. The smallest absolute Gasteiger partial charge is 0.267 e. The number of hydrogen-bond acceptors (Lipinski definition) is 3. The lowest BCUT2D eigenvalue weighted by Gasteiger charge is -2.19. The minimum absolute atomic E-state index is 0.0392. The van der Waals surface area contributed by atoms with E-state index in [-0.39, 0.29) is 18.0 Å². The zero-order chi connectivity index (χ0) is 13.4. The second-order valence-corrected chi connectivity index (χ2v) is 5.66. The molecule has 0 aromatic rings. The highest BCUT2D eigenvalue weighted by molar-refractivity contribution is 5.94. The maximum atomic E-state index is 12.0. The lowest BCUT2D eigenvalue weighted by molar-refractivity contribution is -0.118. The van der Waals surface area contributed by atoms with Crippen molar-refractivity contribution in [3.05, 3.63) is 35.3 Å². The number of fused-ring (bicyclic) bond motifs is 1. The Kier molecular flexibility index (Phi) is 3.09. The van der Waals surface area contributed by atoms with E-state index in [1.807, 2.05) is 26.0 Å². The van der Waals surface area contributed by atoms with Crippen molar-refractivity contribution in [1.82, 2.24) is 10.6 Å². The van der Waals surface area contributed by atoms with E-state index in [2.05, 4.69) is 16.7 Å². The molecule has 19 heavy (non-hydrogen) atoms. The van der Waals surface area contributed by atoms with Gasteiger partial charge in [0, 0.05) is 11.6 Å². The van der Waals surface area contributed by atoms with Crippen LogP contribution in [-0.4, -0.2) is 24.1 Å². The first-order valence-electron chi connectivity index (χ1n) is 7.00. The molecule has 3 aliphatic rings. The van der Waals surface area contributed by atoms with Crippen LogP contribution in [0.25, 0.3) is 0 Å². The number of hydrogen-bond donors (Lipinski definition) is 2. The van der Waals surface area contributed by atoms with Crippen molar-refractivity contribution in [2.24, 2.45) is 0 Å². The van der Waals surface area contributed by atoms with Gasteiger partial charge in [-0.3, -0.25) is 4.79 Å². The van der Waals surface area contributed by atoms with E-state index in [0.717, 1.165) is 30.6 Å². The Morgan fingerprint density at radius 1 is 1.47 bits per heavy atom. The molecule has 1 unspecified atom stereocenters. The molecule has 1 fully saturated rings. The molecule has 2 aliphatic carbocycles. The summed E-state index contributed by atoms with van der Waals surface area (Å²) in [6.45, 7) is 3.92. The molecule has 0 spiro atoms. The van der Waals surface area contributed by atoms with Gasteiger partial charge >= 0.3 is 0 Å². The van der Waals surface area contributed by atoms with Crippen molar-refractivity contribution < 1.29 is 9.53 Å². The predicted octanol–water partition coefficient (Wildman–Crippen LogP) is 1.76. The molecule has 1 heterocycles. The molecule has 4 heteroatoms. The molecular formula is C15H20N2O2. The van der Waals surface area contributed by atoms with Gasteiger partial charge in [-0.1, -0.05) is 6.08 Å². The fourth-order valence-corrected chi connectivity index (χ4v) is 2.34. The number of carbonyl (C=O) groups is 1. The van der Waals surface area contributed by atoms with E-state index >= 15 is 0 Å². The van der Waals surface area contributed by atoms with Crippen molar-refractivity contribution >= 4 is 5.91 Å². The van der Waals surface area contributed by atoms with E-state index in [1.54, 1.807) is 0 Å². The first kappa shape index (κ1) is 12.3. The van der Waals surface area contributed by atoms with E-state index in [0.29, 0.717) is 11.8 Å². The molecule has 4 nitrogen and oxygen atoms in total. The average Bonchev–Trinajstić information content (AvgIpc) is 3.05. The Labute approximate surface area is 113 Å². The van der Waals surface area contributed by atoms with Crippen LogP contribution in [0.4, 0.5) is 0 Å². The minimum Gasteiger partial charge on any atom is -0.490 e. The van der Waals surface area contributed by atoms with Crippen molar-refractivity contribution in [2.45, 2.75) is 51.3 Å². The van der Waals surface area contributed by atoms with Gasteiger partial charge in [-0.25, -0.2) is 0 Å². The Hall–Kier alpha value is -1.71. The second-order valence-electron chi connectivity index (χ2n) is 5.66. The molecule has 102 valence electrons. The van der Waals surface area contributed by atoms with Gasteiger partial charge in [0.2, 0.25) is 0 Å². The van der Waals surface area contributed by atoms with Crippen LogP contribution in [0.2, 0.25) is 0 Å². The summed E-state index contributed by atoms with van der Waals surface area (Å²) >= 11 is 0. The summed E-state index contributed by atoms with van der Waals surface area (Å²) in [6.07, 6.45) is 9.65. The van der Waals surface area contributed by atoms with E-state index in [9.17, 15) is 4.79 Å². The van der Waals surface area contributed by atoms with Gasteiger partial charge in [-0.15, -0.1) is 0 Å². The zero-order valence-electron chi connectivity index (χ0n) is 11.4. The molecule has 0 aromatic carbocycles. The highest BCUT2D eigenvalue weighted by Gasteiger charge is 2.31. The van der Waals surface area contributed by atoms with E-state index in [1.165, 1.54) is 0 Å². The molecule has 0 saturated heterocycles. The van der Waals surface area contributed by atoms with E-state index < -0.39 is 0 Å². The van der Waals surface area contributed by atoms with E-state index in [4.69, 9.17) is 4.74 Å². The van der Waals surface area contributed by atoms with Crippen molar-refractivity contribution in [3.63, 3.8) is 0 Å². The Bertz CT molecular complexity index is 484. The number of ether oxygens (including phenoxy) is 1. The molecular weight excluding hydrogens is 240 g/mol. The van der Waals surface area contributed by atoms with Crippen LogP contribution in [-0.2, 0) is 9.53 Å².